The van der Waals surface area contributed by atoms with Crippen molar-refractivity contribution in [2.75, 3.05) is 6.54 Å². The predicted molar refractivity (Wildman–Crippen MR) is 56.0 cm³/mol. The molecule has 1 heterocycles. The van der Waals surface area contributed by atoms with Crippen LogP contribution in [0.15, 0.2) is 18.2 Å². The van der Waals surface area contributed by atoms with Crippen LogP contribution in [0.5, 0.6) is 0 Å². The minimum atomic E-state index is -2.74. The third-order valence-electron chi connectivity index (χ3n) is 2.97. The molecule has 1 atom stereocenters. The molecule has 4 heteroatoms. The molecule has 1 fully saturated rings. The Bertz CT molecular complexity index is 359. The fraction of sp³-hybridized carbons (Fsp3) is 0.500. The topological polar surface area (TPSA) is 12.0 Å². The molecule has 0 bridgehead atoms. The van der Waals surface area contributed by atoms with Gasteiger partial charge in [-0.2, -0.15) is 0 Å². The maximum absolute atomic E-state index is 13.3. The van der Waals surface area contributed by atoms with Crippen LogP contribution < -0.4 is 5.32 Å². The molecule has 0 aliphatic carbocycles. The van der Waals surface area contributed by atoms with Crippen molar-refractivity contribution in [1.29, 1.82) is 0 Å². The largest absolute Gasteiger partial charge is 0.310 e. The van der Waals surface area contributed by atoms with Gasteiger partial charge in [-0.3, -0.25) is 0 Å². The van der Waals surface area contributed by atoms with E-state index < -0.39 is 17.8 Å². The lowest BCUT2D eigenvalue weighted by molar-refractivity contribution is 0.146. The van der Waals surface area contributed by atoms with Crippen molar-refractivity contribution < 1.29 is 13.2 Å². The average molecular weight is 229 g/mol. The molecule has 1 N–H and O–H groups in total. The molecule has 2 rings (SSSR count). The third-order valence-corrected chi connectivity index (χ3v) is 2.97. The molecule has 1 aliphatic heterocycles. The minimum absolute atomic E-state index is 0.106. The summed E-state index contributed by atoms with van der Waals surface area (Å²) >= 11 is 0. The van der Waals surface area contributed by atoms with Crippen molar-refractivity contribution in [3.63, 3.8) is 0 Å². The predicted octanol–water partition coefficient (Wildman–Crippen LogP) is 3.58. The van der Waals surface area contributed by atoms with E-state index in [1.165, 1.54) is 12.1 Å². The van der Waals surface area contributed by atoms with E-state index in [0.29, 0.717) is 0 Å². The van der Waals surface area contributed by atoms with Crippen LogP contribution in [0.3, 0.4) is 0 Å². The van der Waals surface area contributed by atoms with E-state index in [1.807, 2.05) is 0 Å². The summed E-state index contributed by atoms with van der Waals surface area (Å²) in [5, 5.41) is 3.26. The Morgan fingerprint density at radius 3 is 2.62 bits per heavy atom. The van der Waals surface area contributed by atoms with E-state index in [0.717, 1.165) is 31.4 Å². The number of hydrogen-bond acceptors (Lipinski definition) is 1. The van der Waals surface area contributed by atoms with Gasteiger partial charge >= 0.3 is 0 Å². The molecule has 0 aromatic heterocycles. The summed E-state index contributed by atoms with van der Waals surface area (Å²) in [6, 6.07) is 4.11. The number of benzene rings is 1. The van der Waals surface area contributed by atoms with Gasteiger partial charge < -0.3 is 5.32 Å². The highest BCUT2D eigenvalue weighted by Gasteiger charge is 2.18. The second-order valence-electron chi connectivity index (χ2n) is 4.08. The van der Waals surface area contributed by atoms with Crippen LogP contribution in [0.25, 0.3) is 0 Å². The summed E-state index contributed by atoms with van der Waals surface area (Å²) in [6.45, 7) is 0.906. The van der Waals surface area contributed by atoms with E-state index in [4.69, 9.17) is 0 Å². The van der Waals surface area contributed by atoms with E-state index in [9.17, 15) is 13.2 Å². The van der Waals surface area contributed by atoms with Gasteiger partial charge in [0.2, 0.25) is 0 Å². The molecule has 1 nitrogen and oxygen atoms in total. The van der Waals surface area contributed by atoms with Gasteiger partial charge in [-0.05, 0) is 31.0 Å². The van der Waals surface area contributed by atoms with E-state index >= 15 is 0 Å². The van der Waals surface area contributed by atoms with Gasteiger partial charge in [0.15, 0.2) is 0 Å². The van der Waals surface area contributed by atoms with Gasteiger partial charge in [-0.15, -0.1) is 0 Å². The van der Waals surface area contributed by atoms with E-state index in [1.54, 1.807) is 6.07 Å². The Morgan fingerprint density at radius 1 is 1.25 bits per heavy atom. The molecule has 1 saturated heterocycles. The molecule has 1 aromatic rings. The fourth-order valence-corrected chi connectivity index (χ4v) is 2.07. The lowest BCUT2D eigenvalue weighted by Crippen LogP contribution is -2.26. The van der Waals surface area contributed by atoms with Crippen LogP contribution >= 0.6 is 0 Å². The first kappa shape index (κ1) is 11.5. The van der Waals surface area contributed by atoms with Gasteiger partial charge in [-0.25, -0.2) is 13.2 Å². The van der Waals surface area contributed by atoms with Crippen LogP contribution in [0.4, 0.5) is 13.2 Å². The summed E-state index contributed by atoms with van der Waals surface area (Å²) in [5.41, 5.74) is 0.251. The maximum Gasteiger partial charge on any atom is 0.266 e. The lowest BCUT2D eigenvalue weighted by atomic mass is 9.96. The first-order valence-corrected chi connectivity index (χ1v) is 5.49. The molecule has 0 saturated carbocycles. The monoisotopic (exact) mass is 229 g/mol. The van der Waals surface area contributed by atoms with Crippen molar-refractivity contribution in [1.82, 2.24) is 5.32 Å². The molecule has 0 radical (unpaired) electrons. The Hall–Kier alpha value is -1.03. The van der Waals surface area contributed by atoms with Crippen LogP contribution in [0.1, 0.15) is 42.9 Å². The first-order valence-electron chi connectivity index (χ1n) is 5.49. The van der Waals surface area contributed by atoms with Gasteiger partial charge in [-0.1, -0.05) is 18.6 Å². The van der Waals surface area contributed by atoms with E-state index in [-0.39, 0.29) is 6.04 Å². The third kappa shape index (κ3) is 2.38. The smallest absolute Gasteiger partial charge is 0.266 e. The number of halogens is 3. The molecule has 0 amide bonds. The summed E-state index contributed by atoms with van der Waals surface area (Å²) < 4.78 is 38.0. The summed E-state index contributed by atoms with van der Waals surface area (Å²) in [4.78, 5) is 0. The Labute approximate surface area is 92.7 Å². The number of piperidine rings is 1. The molecular weight excluding hydrogens is 215 g/mol. The van der Waals surface area contributed by atoms with Gasteiger partial charge in [0.1, 0.15) is 5.82 Å². The van der Waals surface area contributed by atoms with Crippen molar-refractivity contribution in [2.24, 2.45) is 0 Å². The molecule has 1 aliphatic rings. The highest BCUT2D eigenvalue weighted by molar-refractivity contribution is 5.27. The van der Waals surface area contributed by atoms with Crippen LogP contribution in [0.2, 0.25) is 0 Å². The molecule has 0 unspecified atom stereocenters. The standard InChI is InChI=1S/C12H14F3N/c13-10-7-8(4-5-9(10)12(14)15)11-3-1-2-6-16-11/h4-5,7,11-12,16H,1-3,6H2/t11-/m1/s1. The lowest BCUT2D eigenvalue weighted by Gasteiger charge is -2.24. The molecular formula is C12H14F3N. The van der Waals surface area contributed by atoms with Crippen molar-refractivity contribution in [3.05, 3.63) is 35.1 Å². The molecule has 1 aromatic carbocycles. The zero-order valence-electron chi connectivity index (χ0n) is 8.85. The van der Waals surface area contributed by atoms with Crippen LogP contribution in [0, 0.1) is 5.82 Å². The maximum atomic E-state index is 13.3. The average Bonchev–Trinajstić information content (AvgIpc) is 2.29. The Kier molecular flexibility index (Phi) is 3.49. The van der Waals surface area contributed by atoms with Crippen molar-refractivity contribution in [3.8, 4) is 0 Å². The van der Waals surface area contributed by atoms with Crippen molar-refractivity contribution in [2.45, 2.75) is 31.7 Å². The highest BCUT2D eigenvalue weighted by atomic mass is 19.3. The molecule has 0 spiro atoms. The molecule has 16 heavy (non-hydrogen) atoms. The van der Waals surface area contributed by atoms with Crippen LogP contribution in [-0.2, 0) is 0 Å². The van der Waals surface area contributed by atoms with Gasteiger partial charge in [0, 0.05) is 6.04 Å². The Morgan fingerprint density at radius 2 is 2.06 bits per heavy atom. The van der Waals surface area contributed by atoms with Crippen LogP contribution in [-0.4, -0.2) is 6.54 Å². The summed E-state index contributed by atoms with van der Waals surface area (Å²) in [6.07, 6.45) is 0.408. The second-order valence-corrected chi connectivity index (χ2v) is 4.08. The number of hydrogen-bond donors (Lipinski definition) is 1. The quantitative estimate of drug-likeness (QED) is 0.817. The summed E-state index contributed by atoms with van der Waals surface area (Å²) in [7, 11) is 0. The van der Waals surface area contributed by atoms with Crippen molar-refractivity contribution >= 4 is 0 Å². The van der Waals surface area contributed by atoms with Gasteiger partial charge in [0.25, 0.3) is 6.43 Å². The number of rotatable bonds is 2. The second kappa shape index (κ2) is 4.87. The highest BCUT2D eigenvalue weighted by Crippen LogP contribution is 2.27. The van der Waals surface area contributed by atoms with E-state index in [2.05, 4.69) is 5.32 Å². The zero-order chi connectivity index (χ0) is 11.5. The normalized spacial score (nSPS) is 21.4. The zero-order valence-corrected chi connectivity index (χ0v) is 8.85. The minimum Gasteiger partial charge on any atom is -0.310 e. The molecule has 88 valence electrons. The number of alkyl halides is 2. The SMILES string of the molecule is Fc1cc([C@H]2CCCCN2)ccc1C(F)F. The first-order chi connectivity index (χ1) is 7.68. The fourth-order valence-electron chi connectivity index (χ4n) is 2.07. The van der Waals surface area contributed by atoms with Gasteiger partial charge in [0.05, 0.1) is 5.56 Å². The Balaban J connectivity index is 2.19. The summed E-state index contributed by atoms with van der Waals surface area (Å²) in [5.74, 6) is -0.806. The number of nitrogens with one attached hydrogen (secondary N) is 1.